The van der Waals surface area contributed by atoms with Crippen LogP contribution in [0.4, 0.5) is 0 Å². The number of ether oxygens (including phenoxy) is 1. The summed E-state index contributed by atoms with van der Waals surface area (Å²) < 4.78 is 6.06. The summed E-state index contributed by atoms with van der Waals surface area (Å²) in [6, 6.07) is 21.5. The molecule has 0 aliphatic carbocycles. The van der Waals surface area contributed by atoms with Gasteiger partial charge < -0.3 is 9.64 Å². The Balaban J connectivity index is 1.43. The summed E-state index contributed by atoms with van der Waals surface area (Å²) in [6.07, 6.45) is 5.21. The molecule has 0 spiro atoms. The molecule has 2 heterocycles. The van der Waals surface area contributed by atoms with Gasteiger partial charge in [-0.15, -0.1) is 0 Å². The molecule has 1 saturated heterocycles. The number of hydrogen-bond donors (Lipinski definition) is 0. The number of amides is 1. The van der Waals surface area contributed by atoms with Crippen LogP contribution in [0.15, 0.2) is 72.9 Å². The predicted octanol–water partition coefficient (Wildman–Crippen LogP) is 4.95. The lowest BCUT2D eigenvalue weighted by Gasteiger charge is -2.26. The number of carbonyl (C=O) groups excluding carboxylic acids is 1. The van der Waals surface area contributed by atoms with E-state index in [4.69, 9.17) is 4.74 Å². The van der Waals surface area contributed by atoms with Gasteiger partial charge in [0, 0.05) is 30.4 Å². The molecule has 4 heteroatoms. The molecule has 1 aliphatic rings. The zero-order valence-corrected chi connectivity index (χ0v) is 15.9. The number of piperidine rings is 1. The molecule has 1 aromatic heterocycles. The van der Waals surface area contributed by atoms with Crippen LogP contribution in [0.2, 0.25) is 0 Å². The molecule has 4 nitrogen and oxygen atoms in total. The molecule has 2 aromatic carbocycles. The van der Waals surface area contributed by atoms with Crippen molar-refractivity contribution in [3.63, 3.8) is 0 Å². The van der Waals surface area contributed by atoms with E-state index >= 15 is 0 Å². The van der Waals surface area contributed by atoms with E-state index in [0.717, 1.165) is 54.1 Å². The third kappa shape index (κ3) is 4.22. The van der Waals surface area contributed by atoms with Crippen molar-refractivity contribution in [2.24, 2.45) is 0 Å². The van der Waals surface area contributed by atoms with Crippen LogP contribution >= 0.6 is 0 Å². The SMILES string of the molecule is O=C(c1ccc(COc2ccccc2-c2ccccn2)cc1)N1CCCCC1. The molecule has 142 valence electrons. The molecule has 0 N–H and O–H groups in total. The maximum absolute atomic E-state index is 12.6. The largest absolute Gasteiger partial charge is 0.488 e. The van der Waals surface area contributed by atoms with Crippen LogP contribution in [0.5, 0.6) is 5.75 Å². The van der Waals surface area contributed by atoms with E-state index < -0.39 is 0 Å². The monoisotopic (exact) mass is 372 g/mol. The summed E-state index contributed by atoms with van der Waals surface area (Å²) in [5.41, 5.74) is 3.64. The Labute approximate surface area is 165 Å². The van der Waals surface area contributed by atoms with Gasteiger partial charge in [-0.3, -0.25) is 9.78 Å². The Bertz CT molecular complexity index is 917. The molecule has 28 heavy (non-hydrogen) atoms. The van der Waals surface area contributed by atoms with Crippen LogP contribution in [0.25, 0.3) is 11.3 Å². The fourth-order valence-electron chi connectivity index (χ4n) is 3.51. The van der Waals surface area contributed by atoms with Gasteiger partial charge in [0.2, 0.25) is 0 Å². The summed E-state index contributed by atoms with van der Waals surface area (Å²) in [5.74, 6) is 0.933. The Hall–Kier alpha value is -3.14. The molecular weight excluding hydrogens is 348 g/mol. The maximum Gasteiger partial charge on any atom is 0.253 e. The standard InChI is InChI=1S/C24H24N2O2/c27-24(26-16-6-1-7-17-26)20-13-11-19(12-14-20)18-28-23-10-3-2-8-21(23)22-9-4-5-15-25-22/h2-5,8-15H,1,6-7,16-18H2. The smallest absolute Gasteiger partial charge is 0.253 e. The highest BCUT2D eigenvalue weighted by atomic mass is 16.5. The topological polar surface area (TPSA) is 42.4 Å². The molecule has 3 aromatic rings. The van der Waals surface area contributed by atoms with Crippen LogP contribution in [-0.2, 0) is 6.61 Å². The molecule has 0 unspecified atom stereocenters. The highest BCUT2D eigenvalue weighted by molar-refractivity contribution is 5.94. The molecule has 0 atom stereocenters. The third-order valence-corrected chi connectivity index (χ3v) is 5.07. The number of likely N-dealkylation sites (tertiary alicyclic amines) is 1. The van der Waals surface area contributed by atoms with Crippen molar-refractivity contribution in [3.8, 4) is 17.0 Å². The van der Waals surface area contributed by atoms with Gasteiger partial charge >= 0.3 is 0 Å². The van der Waals surface area contributed by atoms with E-state index in [9.17, 15) is 4.79 Å². The van der Waals surface area contributed by atoms with Crippen molar-refractivity contribution in [3.05, 3.63) is 84.1 Å². The van der Waals surface area contributed by atoms with Gasteiger partial charge in [-0.25, -0.2) is 0 Å². The quantitative estimate of drug-likeness (QED) is 0.636. The second kappa shape index (κ2) is 8.70. The fourth-order valence-corrected chi connectivity index (χ4v) is 3.51. The lowest BCUT2D eigenvalue weighted by Crippen LogP contribution is -2.35. The molecule has 0 saturated carbocycles. The van der Waals surface area contributed by atoms with Crippen molar-refractivity contribution in [2.75, 3.05) is 13.1 Å². The predicted molar refractivity (Wildman–Crippen MR) is 110 cm³/mol. The Kier molecular flexibility index (Phi) is 5.66. The first kappa shape index (κ1) is 18.2. The summed E-state index contributed by atoms with van der Waals surface area (Å²) >= 11 is 0. The van der Waals surface area contributed by atoms with Crippen molar-refractivity contribution in [1.82, 2.24) is 9.88 Å². The van der Waals surface area contributed by atoms with Gasteiger partial charge in [0.05, 0.1) is 5.69 Å². The summed E-state index contributed by atoms with van der Waals surface area (Å²) in [4.78, 5) is 19.0. The minimum absolute atomic E-state index is 0.132. The molecule has 1 aliphatic heterocycles. The average Bonchev–Trinajstić information content (AvgIpc) is 2.79. The third-order valence-electron chi connectivity index (χ3n) is 5.07. The maximum atomic E-state index is 12.6. The molecule has 1 amide bonds. The van der Waals surface area contributed by atoms with E-state index in [1.54, 1.807) is 6.20 Å². The van der Waals surface area contributed by atoms with Gasteiger partial charge in [-0.2, -0.15) is 0 Å². The highest BCUT2D eigenvalue weighted by Gasteiger charge is 2.17. The second-order valence-electron chi connectivity index (χ2n) is 7.05. The van der Waals surface area contributed by atoms with E-state index in [1.165, 1.54) is 6.42 Å². The van der Waals surface area contributed by atoms with Crippen molar-refractivity contribution in [1.29, 1.82) is 0 Å². The highest BCUT2D eigenvalue weighted by Crippen LogP contribution is 2.28. The number of benzene rings is 2. The summed E-state index contributed by atoms with van der Waals surface area (Å²) in [6.45, 7) is 2.18. The van der Waals surface area contributed by atoms with E-state index in [0.29, 0.717) is 6.61 Å². The van der Waals surface area contributed by atoms with Gasteiger partial charge in [-0.1, -0.05) is 30.3 Å². The van der Waals surface area contributed by atoms with Crippen molar-refractivity contribution < 1.29 is 9.53 Å². The first-order valence-electron chi connectivity index (χ1n) is 9.83. The number of pyridine rings is 1. The lowest BCUT2D eigenvalue weighted by molar-refractivity contribution is 0.0724. The minimum atomic E-state index is 0.132. The van der Waals surface area contributed by atoms with Gasteiger partial charge in [0.25, 0.3) is 5.91 Å². The minimum Gasteiger partial charge on any atom is -0.488 e. The zero-order valence-electron chi connectivity index (χ0n) is 15.9. The molecule has 1 fully saturated rings. The number of nitrogens with zero attached hydrogens (tertiary/aromatic N) is 2. The number of rotatable bonds is 5. The number of aromatic nitrogens is 1. The number of hydrogen-bond acceptors (Lipinski definition) is 3. The summed E-state index contributed by atoms with van der Waals surface area (Å²) in [5, 5.41) is 0. The Morgan fingerprint density at radius 1 is 0.893 bits per heavy atom. The van der Waals surface area contributed by atoms with Gasteiger partial charge in [0.1, 0.15) is 12.4 Å². The van der Waals surface area contributed by atoms with Crippen LogP contribution in [0, 0.1) is 0 Å². The zero-order chi connectivity index (χ0) is 19.2. The van der Waals surface area contributed by atoms with Crippen LogP contribution in [-0.4, -0.2) is 28.9 Å². The fraction of sp³-hybridized carbons (Fsp3) is 0.250. The molecule has 4 rings (SSSR count). The van der Waals surface area contributed by atoms with Gasteiger partial charge in [-0.05, 0) is 61.2 Å². The van der Waals surface area contributed by atoms with E-state index in [1.807, 2.05) is 71.6 Å². The number of carbonyl (C=O) groups is 1. The Morgan fingerprint density at radius 3 is 2.39 bits per heavy atom. The van der Waals surface area contributed by atoms with Crippen LogP contribution in [0.1, 0.15) is 35.2 Å². The van der Waals surface area contributed by atoms with Crippen LogP contribution in [0.3, 0.4) is 0 Å². The molecule has 0 radical (unpaired) electrons. The first-order chi connectivity index (χ1) is 13.8. The molecular formula is C24H24N2O2. The van der Waals surface area contributed by atoms with Crippen molar-refractivity contribution in [2.45, 2.75) is 25.9 Å². The first-order valence-corrected chi connectivity index (χ1v) is 9.83. The second-order valence-corrected chi connectivity index (χ2v) is 7.05. The number of para-hydroxylation sites is 1. The Morgan fingerprint density at radius 2 is 1.64 bits per heavy atom. The normalized spacial score (nSPS) is 13.9. The van der Waals surface area contributed by atoms with Crippen LogP contribution < -0.4 is 4.74 Å². The van der Waals surface area contributed by atoms with E-state index in [-0.39, 0.29) is 5.91 Å². The van der Waals surface area contributed by atoms with E-state index in [2.05, 4.69) is 4.98 Å². The summed E-state index contributed by atoms with van der Waals surface area (Å²) in [7, 11) is 0. The molecule has 0 bridgehead atoms. The van der Waals surface area contributed by atoms with Gasteiger partial charge in [0.15, 0.2) is 0 Å². The van der Waals surface area contributed by atoms with Crippen molar-refractivity contribution >= 4 is 5.91 Å². The lowest BCUT2D eigenvalue weighted by atomic mass is 10.1. The average molecular weight is 372 g/mol.